The number of hydrogen-bond acceptors (Lipinski definition) is 6. The molecular weight excluding hydrogens is 150 g/mol. The number of aromatic nitrogens is 1. The zero-order chi connectivity index (χ0) is 8.10. The van der Waals surface area contributed by atoms with Crippen LogP contribution in [0.5, 0.6) is 0 Å². The van der Waals surface area contributed by atoms with E-state index in [1.165, 1.54) is 6.07 Å². The molecular formula is C5H5N3O3. The highest BCUT2D eigenvalue weighted by molar-refractivity contribution is 5.81. The lowest BCUT2D eigenvalue weighted by Crippen LogP contribution is -1.77. The van der Waals surface area contributed by atoms with Crippen LogP contribution in [0.1, 0.15) is 11.5 Å². The van der Waals surface area contributed by atoms with Crippen LogP contribution in [0.15, 0.2) is 20.9 Å². The van der Waals surface area contributed by atoms with Gasteiger partial charge in [0, 0.05) is 6.07 Å². The van der Waals surface area contributed by atoms with Gasteiger partial charge in [0.1, 0.15) is 11.9 Å². The van der Waals surface area contributed by atoms with Crippen molar-refractivity contribution in [1.82, 2.24) is 5.16 Å². The summed E-state index contributed by atoms with van der Waals surface area (Å²) in [6, 6.07) is 1.44. The Balaban J connectivity index is 2.81. The molecule has 0 saturated heterocycles. The fraction of sp³-hybridized carbons (Fsp3) is 0. The molecule has 58 valence electrons. The van der Waals surface area contributed by atoms with Gasteiger partial charge in [0.2, 0.25) is 0 Å². The molecule has 0 unspecified atom stereocenters. The molecule has 0 bridgehead atoms. The molecule has 0 aliphatic rings. The molecule has 0 fully saturated rings. The average molecular weight is 155 g/mol. The predicted molar refractivity (Wildman–Crippen MR) is 35.3 cm³/mol. The Hall–Kier alpha value is -1.85. The summed E-state index contributed by atoms with van der Waals surface area (Å²) in [5.74, 6) is 0.280. The monoisotopic (exact) mass is 155 g/mol. The summed E-state index contributed by atoms with van der Waals surface area (Å²) in [6.07, 6.45) is 2.17. The van der Waals surface area contributed by atoms with Crippen LogP contribution in [0.4, 0.5) is 0 Å². The molecule has 0 aromatic carbocycles. The fourth-order valence-corrected chi connectivity index (χ4v) is 0.542. The van der Waals surface area contributed by atoms with Gasteiger partial charge in [-0.15, -0.1) is 0 Å². The van der Waals surface area contributed by atoms with Gasteiger partial charge in [0.25, 0.3) is 0 Å². The summed E-state index contributed by atoms with van der Waals surface area (Å²) in [5.41, 5.74) is 0.349. The highest BCUT2D eigenvalue weighted by atomic mass is 16.5. The van der Waals surface area contributed by atoms with Crippen LogP contribution in [-0.4, -0.2) is 28.0 Å². The zero-order valence-electron chi connectivity index (χ0n) is 5.38. The summed E-state index contributed by atoms with van der Waals surface area (Å²) in [5, 5.41) is 25.0. The zero-order valence-corrected chi connectivity index (χ0v) is 5.38. The molecule has 1 aromatic rings. The molecule has 0 atom stereocenters. The normalized spacial score (nSPS) is 11.6. The van der Waals surface area contributed by atoms with Crippen molar-refractivity contribution in [2.45, 2.75) is 0 Å². The highest BCUT2D eigenvalue weighted by Gasteiger charge is 1.97. The van der Waals surface area contributed by atoms with Gasteiger partial charge >= 0.3 is 0 Å². The van der Waals surface area contributed by atoms with E-state index in [2.05, 4.69) is 20.0 Å². The van der Waals surface area contributed by atoms with Crippen LogP contribution in [0.2, 0.25) is 0 Å². The Morgan fingerprint density at radius 3 is 2.73 bits per heavy atom. The van der Waals surface area contributed by atoms with Gasteiger partial charge in [-0.25, -0.2) is 0 Å². The number of rotatable bonds is 2. The third-order valence-corrected chi connectivity index (χ3v) is 0.922. The first-order valence-electron chi connectivity index (χ1n) is 2.68. The lowest BCUT2D eigenvalue weighted by molar-refractivity contribution is 0.318. The van der Waals surface area contributed by atoms with E-state index in [4.69, 9.17) is 10.4 Å². The van der Waals surface area contributed by atoms with Crippen LogP contribution < -0.4 is 0 Å². The van der Waals surface area contributed by atoms with Gasteiger partial charge in [0.15, 0.2) is 5.76 Å². The topological polar surface area (TPSA) is 91.2 Å². The summed E-state index contributed by atoms with van der Waals surface area (Å²) in [7, 11) is 0. The van der Waals surface area contributed by atoms with Crippen LogP contribution >= 0.6 is 0 Å². The lowest BCUT2D eigenvalue weighted by Gasteiger charge is -1.72. The Bertz CT molecular complexity index is 252. The number of nitrogens with zero attached hydrogens (tertiary/aromatic N) is 3. The third-order valence-electron chi connectivity index (χ3n) is 0.922. The molecule has 0 aliphatic carbocycles. The maximum Gasteiger partial charge on any atom is 0.181 e. The second-order valence-corrected chi connectivity index (χ2v) is 1.64. The van der Waals surface area contributed by atoms with E-state index >= 15 is 0 Å². The minimum Gasteiger partial charge on any atom is -0.411 e. The van der Waals surface area contributed by atoms with Crippen LogP contribution in [0, 0.1) is 0 Å². The summed E-state index contributed by atoms with van der Waals surface area (Å²) >= 11 is 0. The fourth-order valence-electron chi connectivity index (χ4n) is 0.542. The second kappa shape index (κ2) is 3.35. The first-order valence-corrected chi connectivity index (χ1v) is 2.68. The molecule has 0 aliphatic heterocycles. The van der Waals surface area contributed by atoms with Crippen molar-refractivity contribution in [3.05, 3.63) is 17.5 Å². The SMILES string of the molecule is ON=Cc1cc(C=NO)on1. The Labute approximate surface area is 61.4 Å². The van der Waals surface area contributed by atoms with E-state index in [0.29, 0.717) is 5.69 Å². The Kier molecular flexibility index (Phi) is 2.21. The van der Waals surface area contributed by atoms with Crippen molar-refractivity contribution in [2.75, 3.05) is 0 Å². The maximum atomic E-state index is 8.06. The standard InChI is InChI=1S/C5H5N3O3/c9-6-2-4-1-5(3-7-10)11-8-4/h1-3,9-10H. The van der Waals surface area contributed by atoms with Gasteiger partial charge < -0.3 is 14.9 Å². The van der Waals surface area contributed by atoms with Gasteiger partial charge in [-0.2, -0.15) is 0 Å². The minimum atomic E-state index is 0.280. The first-order chi connectivity index (χ1) is 5.36. The van der Waals surface area contributed by atoms with Crippen LogP contribution in [0.25, 0.3) is 0 Å². The molecule has 6 heteroatoms. The molecule has 0 radical (unpaired) electrons. The number of hydrogen-bond donors (Lipinski definition) is 2. The quantitative estimate of drug-likeness (QED) is 0.364. The second-order valence-electron chi connectivity index (χ2n) is 1.64. The Morgan fingerprint density at radius 1 is 1.36 bits per heavy atom. The first kappa shape index (κ1) is 7.26. The van der Waals surface area contributed by atoms with Crippen molar-refractivity contribution in [1.29, 1.82) is 0 Å². The molecule has 0 spiro atoms. The Morgan fingerprint density at radius 2 is 2.09 bits per heavy atom. The minimum absolute atomic E-state index is 0.280. The molecule has 0 saturated carbocycles. The van der Waals surface area contributed by atoms with Crippen molar-refractivity contribution < 1.29 is 14.9 Å². The molecule has 11 heavy (non-hydrogen) atoms. The molecule has 0 amide bonds. The average Bonchev–Trinajstić information content (AvgIpc) is 2.38. The van der Waals surface area contributed by atoms with Crippen LogP contribution in [0.3, 0.4) is 0 Å². The largest absolute Gasteiger partial charge is 0.411 e. The van der Waals surface area contributed by atoms with Crippen LogP contribution in [-0.2, 0) is 0 Å². The van der Waals surface area contributed by atoms with Crippen molar-refractivity contribution in [3.63, 3.8) is 0 Å². The summed E-state index contributed by atoms with van der Waals surface area (Å²) in [6.45, 7) is 0. The van der Waals surface area contributed by atoms with E-state index in [1.54, 1.807) is 0 Å². The van der Waals surface area contributed by atoms with Gasteiger partial charge in [-0.05, 0) is 0 Å². The predicted octanol–water partition coefficient (Wildman–Crippen LogP) is 0.291. The van der Waals surface area contributed by atoms with Crippen molar-refractivity contribution in [2.24, 2.45) is 10.3 Å². The van der Waals surface area contributed by atoms with E-state index in [1.807, 2.05) is 0 Å². The highest BCUT2D eigenvalue weighted by Crippen LogP contribution is 1.97. The smallest absolute Gasteiger partial charge is 0.181 e. The summed E-state index contributed by atoms with van der Waals surface area (Å²) in [4.78, 5) is 0. The third kappa shape index (κ3) is 1.78. The molecule has 1 aromatic heterocycles. The van der Waals surface area contributed by atoms with E-state index in [-0.39, 0.29) is 5.76 Å². The van der Waals surface area contributed by atoms with E-state index in [9.17, 15) is 0 Å². The van der Waals surface area contributed by atoms with E-state index in [0.717, 1.165) is 12.4 Å². The van der Waals surface area contributed by atoms with E-state index < -0.39 is 0 Å². The van der Waals surface area contributed by atoms with Gasteiger partial charge in [-0.3, -0.25) is 0 Å². The molecule has 1 heterocycles. The van der Waals surface area contributed by atoms with Crippen molar-refractivity contribution >= 4 is 12.4 Å². The van der Waals surface area contributed by atoms with Crippen molar-refractivity contribution in [3.8, 4) is 0 Å². The van der Waals surface area contributed by atoms with Gasteiger partial charge in [0.05, 0.1) is 6.21 Å². The maximum absolute atomic E-state index is 8.06. The molecule has 2 N–H and O–H groups in total. The number of oxime groups is 2. The molecule has 6 nitrogen and oxygen atoms in total. The lowest BCUT2D eigenvalue weighted by atomic mass is 10.4. The van der Waals surface area contributed by atoms with Gasteiger partial charge in [-0.1, -0.05) is 15.5 Å². The molecule has 1 rings (SSSR count). The summed E-state index contributed by atoms with van der Waals surface area (Å²) < 4.78 is 4.60.